The standard InChI is InChI=1S/C18H26N2O3/c1-13(20-18(23)15-9-5-6-10-15)11-17(22)19-12-16(21)14-7-3-2-4-8-14/h2-4,7-8,13,15-16,21H,5-6,9-12H2,1H3,(H,19,22)(H,20,23)/t13-,16+/m1/s1. The molecule has 1 aliphatic carbocycles. The molecule has 1 aliphatic rings. The van der Waals surface area contributed by atoms with Crippen LogP contribution in [0.2, 0.25) is 0 Å². The lowest BCUT2D eigenvalue weighted by molar-refractivity contribution is -0.126. The molecule has 0 aromatic heterocycles. The van der Waals surface area contributed by atoms with Crippen molar-refractivity contribution in [3.8, 4) is 0 Å². The minimum absolute atomic E-state index is 0.0621. The molecule has 23 heavy (non-hydrogen) atoms. The monoisotopic (exact) mass is 318 g/mol. The molecule has 2 atom stereocenters. The largest absolute Gasteiger partial charge is 0.387 e. The van der Waals surface area contributed by atoms with Gasteiger partial charge in [0.05, 0.1) is 6.10 Å². The number of benzene rings is 1. The fourth-order valence-corrected chi connectivity index (χ4v) is 2.95. The van der Waals surface area contributed by atoms with E-state index in [1.54, 1.807) is 0 Å². The van der Waals surface area contributed by atoms with Gasteiger partial charge in [-0.3, -0.25) is 9.59 Å². The maximum absolute atomic E-state index is 12.0. The molecule has 1 aromatic carbocycles. The molecule has 0 bridgehead atoms. The topological polar surface area (TPSA) is 78.4 Å². The maximum Gasteiger partial charge on any atom is 0.223 e. The molecular weight excluding hydrogens is 292 g/mol. The van der Waals surface area contributed by atoms with E-state index >= 15 is 0 Å². The molecule has 3 N–H and O–H groups in total. The Morgan fingerprint density at radius 2 is 1.87 bits per heavy atom. The smallest absolute Gasteiger partial charge is 0.223 e. The average Bonchev–Trinajstić information content (AvgIpc) is 3.08. The molecule has 5 nitrogen and oxygen atoms in total. The Balaban J connectivity index is 1.68. The molecule has 0 saturated heterocycles. The molecule has 0 aliphatic heterocycles. The number of aliphatic hydroxyl groups is 1. The third kappa shape index (κ3) is 5.67. The highest BCUT2D eigenvalue weighted by molar-refractivity contribution is 5.81. The van der Waals surface area contributed by atoms with E-state index in [1.165, 1.54) is 0 Å². The molecule has 0 radical (unpaired) electrons. The second-order valence-electron chi connectivity index (χ2n) is 6.33. The van der Waals surface area contributed by atoms with Gasteiger partial charge < -0.3 is 15.7 Å². The number of nitrogens with one attached hydrogen (secondary N) is 2. The van der Waals surface area contributed by atoms with Crippen molar-refractivity contribution in [3.05, 3.63) is 35.9 Å². The van der Waals surface area contributed by atoms with Crippen molar-refractivity contribution in [1.29, 1.82) is 0 Å². The number of carbonyl (C=O) groups excluding carboxylic acids is 2. The molecule has 2 amide bonds. The molecule has 1 fully saturated rings. The van der Waals surface area contributed by atoms with Crippen LogP contribution in [0.3, 0.4) is 0 Å². The van der Waals surface area contributed by atoms with Gasteiger partial charge in [-0.25, -0.2) is 0 Å². The molecule has 5 heteroatoms. The summed E-state index contributed by atoms with van der Waals surface area (Å²) in [7, 11) is 0. The summed E-state index contributed by atoms with van der Waals surface area (Å²) >= 11 is 0. The van der Waals surface area contributed by atoms with Crippen LogP contribution < -0.4 is 10.6 Å². The molecule has 0 heterocycles. The zero-order valence-electron chi connectivity index (χ0n) is 13.6. The lowest BCUT2D eigenvalue weighted by atomic mass is 10.1. The molecule has 1 aromatic rings. The number of amides is 2. The van der Waals surface area contributed by atoms with Crippen molar-refractivity contribution < 1.29 is 14.7 Å². The Morgan fingerprint density at radius 1 is 1.22 bits per heavy atom. The van der Waals surface area contributed by atoms with E-state index in [-0.39, 0.29) is 36.7 Å². The summed E-state index contributed by atoms with van der Waals surface area (Å²) in [5.41, 5.74) is 0.774. The van der Waals surface area contributed by atoms with Crippen LogP contribution in [0.25, 0.3) is 0 Å². The first kappa shape index (κ1) is 17.5. The second-order valence-corrected chi connectivity index (χ2v) is 6.33. The Morgan fingerprint density at radius 3 is 2.52 bits per heavy atom. The molecular formula is C18H26N2O3. The number of hydrogen-bond donors (Lipinski definition) is 3. The quantitative estimate of drug-likeness (QED) is 0.719. The van der Waals surface area contributed by atoms with E-state index in [2.05, 4.69) is 10.6 Å². The van der Waals surface area contributed by atoms with Crippen LogP contribution in [0.15, 0.2) is 30.3 Å². The molecule has 0 spiro atoms. The first-order valence-electron chi connectivity index (χ1n) is 8.36. The van der Waals surface area contributed by atoms with Crippen molar-refractivity contribution in [2.75, 3.05) is 6.54 Å². The van der Waals surface area contributed by atoms with Crippen LogP contribution in [0.4, 0.5) is 0 Å². The third-order valence-corrected chi connectivity index (χ3v) is 4.28. The number of hydrogen-bond acceptors (Lipinski definition) is 3. The van der Waals surface area contributed by atoms with Gasteiger partial charge in [-0.2, -0.15) is 0 Å². The van der Waals surface area contributed by atoms with Gasteiger partial charge in [0.15, 0.2) is 0 Å². The van der Waals surface area contributed by atoms with Gasteiger partial charge >= 0.3 is 0 Å². The first-order chi connectivity index (χ1) is 11.1. The van der Waals surface area contributed by atoms with Gasteiger partial charge in [-0.15, -0.1) is 0 Å². The number of rotatable bonds is 7. The van der Waals surface area contributed by atoms with Crippen molar-refractivity contribution in [3.63, 3.8) is 0 Å². The summed E-state index contributed by atoms with van der Waals surface area (Å²) in [5.74, 6) is 0.00624. The third-order valence-electron chi connectivity index (χ3n) is 4.28. The fraction of sp³-hybridized carbons (Fsp3) is 0.556. The summed E-state index contributed by atoms with van der Waals surface area (Å²) in [6.45, 7) is 2.01. The highest BCUT2D eigenvalue weighted by Crippen LogP contribution is 2.24. The summed E-state index contributed by atoms with van der Waals surface area (Å²) in [4.78, 5) is 23.9. The highest BCUT2D eigenvalue weighted by Gasteiger charge is 2.24. The van der Waals surface area contributed by atoms with Crippen LogP contribution in [-0.4, -0.2) is 29.5 Å². The molecule has 126 valence electrons. The number of aliphatic hydroxyl groups excluding tert-OH is 1. The van der Waals surface area contributed by atoms with E-state index in [0.717, 1.165) is 31.2 Å². The normalized spacial score (nSPS) is 17.5. The minimum atomic E-state index is -0.719. The lowest BCUT2D eigenvalue weighted by Crippen LogP contribution is -2.40. The molecule has 2 rings (SSSR count). The summed E-state index contributed by atoms with van der Waals surface area (Å²) < 4.78 is 0. The van der Waals surface area contributed by atoms with E-state index in [4.69, 9.17) is 0 Å². The molecule has 1 saturated carbocycles. The fourth-order valence-electron chi connectivity index (χ4n) is 2.95. The van der Waals surface area contributed by atoms with Gasteiger partial charge in [0.2, 0.25) is 11.8 Å². The Hall–Kier alpha value is -1.88. The van der Waals surface area contributed by atoms with Crippen molar-refractivity contribution in [1.82, 2.24) is 10.6 Å². The number of carbonyl (C=O) groups is 2. The summed E-state index contributed by atoms with van der Waals surface area (Å²) in [6.07, 6.45) is 3.64. The van der Waals surface area contributed by atoms with Gasteiger partial charge in [0.1, 0.15) is 0 Å². The van der Waals surface area contributed by atoms with Crippen molar-refractivity contribution >= 4 is 11.8 Å². The van der Waals surface area contributed by atoms with E-state index in [0.29, 0.717) is 0 Å². The Kier molecular flexibility index (Phi) is 6.59. The van der Waals surface area contributed by atoms with Crippen LogP contribution in [0, 0.1) is 5.92 Å². The lowest BCUT2D eigenvalue weighted by Gasteiger charge is -2.17. The van der Waals surface area contributed by atoms with Crippen molar-refractivity contribution in [2.24, 2.45) is 5.92 Å². The van der Waals surface area contributed by atoms with Gasteiger partial charge in [0.25, 0.3) is 0 Å². The van der Waals surface area contributed by atoms with Crippen LogP contribution in [-0.2, 0) is 9.59 Å². The summed E-state index contributed by atoms with van der Waals surface area (Å²) in [6, 6.07) is 9.02. The van der Waals surface area contributed by atoms with Gasteiger partial charge in [-0.1, -0.05) is 43.2 Å². The van der Waals surface area contributed by atoms with E-state index in [1.807, 2.05) is 37.3 Å². The predicted octanol–water partition coefficient (Wildman–Crippen LogP) is 1.92. The van der Waals surface area contributed by atoms with Gasteiger partial charge in [-0.05, 0) is 25.3 Å². The molecule has 0 unspecified atom stereocenters. The Bertz CT molecular complexity index is 512. The van der Waals surface area contributed by atoms with Crippen LogP contribution in [0.5, 0.6) is 0 Å². The average molecular weight is 318 g/mol. The van der Waals surface area contributed by atoms with Crippen molar-refractivity contribution in [2.45, 2.75) is 51.2 Å². The van der Waals surface area contributed by atoms with Gasteiger partial charge in [0, 0.05) is 24.9 Å². The zero-order chi connectivity index (χ0) is 16.7. The van der Waals surface area contributed by atoms with Crippen LogP contribution >= 0.6 is 0 Å². The zero-order valence-corrected chi connectivity index (χ0v) is 13.6. The maximum atomic E-state index is 12.0. The highest BCUT2D eigenvalue weighted by atomic mass is 16.3. The minimum Gasteiger partial charge on any atom is -0.387 e. The summed E-state index contributed by atoms with van der Waals surface area (Å²) in [5, 5.41) is 15.6. The first-order valence-corrected chi connectivity index (χ1v) is 8.36. The Labute approximate surface area is 137 Å². The SMILES string of the molecule is C[C@H](CC(=O)NC[C@H](O)c1ccccc1)NC(=O)C1CCCC1. The van der Waals surface area contributed by atoms with E-state index in [9.17, 15) is 14.7 Å². The van der Waals surface area contributed by atoms with E-state index < -0.39 is 6.10 Å². The second kappa shape index (κ2) is 8.67. The predicted molar refractivity (Wildman–Crippen MR) is 88.6 cm³/mol. The van der Waals surface area contributed by atoms with Crippen LogP contribution in [0.1, 0.15) is 50.7 Å².